The van der Waals surface area contributed by atoms with Gasteiger partial charge in [-0.2, -0.15) is 0 Å². The lowest BCUT2D eigenvalue weighted by atomic mass is 9.83. The van der Waals surface area contributed by atoms with Crippen LogP contribution in [0.5, 0.6) is 0 Å². The molecule has 0 aliphatic carbocycles. The van der Waals surface area contributed by atoms with E-state index in [2.05, 4.69) is 54.6 Å². The van der Waals surface area contributed by atoms with E-state index in [-0.39, 0.29) is 46.5 Å². The second-order valence-corrected chi connectivity index (χ2v) is 9.95. The standard InChI is InChI=1S/C40H26/c1-2-14-29-26-30(25-24-27(29)12-1)39-35-19-7-9-21-37(35)40(38-22-10-8-20-36(38)39)34-18-6-5-17-33(34)32-23-11-15-28-13-3-4-16-31(28)32/h1-26H/i3D,4D,11D,13D,15D,16D,23D. The highest BCUT2D eigenvalue weighted by Gasteiger charge is 2.19. The van der Waals surface area contributed by atoms with Crippen LogP contribution in [-0.4, -0.2) is 0 Å². The number of hydrogen-bond acceptors (Lipinski definition) is 0. The molecule has 8 aromatic rings. The molecule has 8 aromatic carbocycles. The minimum Gasteiger partial charge on any atom is -0.0616 e. The van der Waals surface area contributed by atoms with Gasteiger partial charge in [-0.1, -0.05) is 151 Å². The van der Waals surface area contributed by atoms with Crippen molar-refractivity contribution in [2.45, 2.75) is 0 Å². The second-order valence-electron chi connectivity index (χ2n) is 9.95. The normalized spacial score (nSPS) is 13.9. The molecule has 0 fully saturated rings. The van der Waals surface area contributed by atoms with Crippen LogP contribution in [0.15, 0.2) is 158 Å². The fourth-order valence-corrected chi connectivity index (χ4v) is 6.01. The van der Waals surface area contributed by atoms with Crippen LogP contribution in [0.1, 0.15) is 9.60 Å². The SMILES string of the molecule is [2H]c1c([2H])c([2H])c2c(-c3ccccc3-c3c4ccccc4c(-c4ccc5ccccc5c4)c4ccccc34)c([2H])c([2H])c([2H])c2c1[2H]. The monoisotopic (exact) mass is 513 g/mol. The fourth-order valence-electron chi connectivity index (χ4n) is 6.01. The quantitative estimate of drug-likeness (QED) is 0.206. The van der Waals surface area contributed by atoms with Gasteiger partial charge in [0.1, 0.15) is 0 Å². The summed E-state index contributed by atoms with van der Waals surface area (Å²) in [5, 5.41) is 6.42. The molecule has 0 aliphatic heterocycles. The predicted octanol–water partition coefficient (Wildman–Crippen LogP) is 11.3. The highest BCUT2D eigenvalue weighted by atomic mass is 14.2. The molecule has 40 heavy (non-hydrogen) atoms. The molecule has 0 unspecified atom stereocenters. The average molecular weight is 514 g/mol. The third kappa shape index (κ3) is 3.54. The Kier molecular flexibility index (Phi) is 3.85. The lowest BCUT2D eigenvalue weighted by Crippen LogP contribution is -1.93. The van der Waals surface area contributed by atoms with E-state index in [9.17, 15) is 0 Å². The summed E-state index contributed by atoms with van der Waals surface area (Å²) in [7, 11) is 0. The minimum absolute atomic E-state index is 0.0526. The maximum Gasteiger partial charge on any atom is 0.0629 e. The van der Waals surface area contributed by atoms with Crippen LogP contribution >= 0.6 is 0 Å². The third-order valence-corrected chi connectivity index (χ3v) is 7.75. The van der Waals surface area contributed by atoms with E-state index in [1.165, 1.54) is 5.39 Å². The lowest BCUT2D eigenvalue weighted by molar-refractivity contribution is 1.63. The molecular formula is C40H26. The van der Waals surface area contributed by atoms with Gasteiger partial charge in [-0.25, -0.2) is 0 Å². The first kappa shape index (κ1) is 16.7. The van der Waals surface area contributed by atoms with Gasteiger partial charge >= 0.3 is 0 Å². The molecule has 8 rings (SSSR count). The van der Waals surface area contributed by atoms with Crippen molar-refractivity contribution in [2.75, 3.05) is 0 Å². The Hall–Kier alpha value is -5.20. The zero-order valence-electron chi connectivity index (χ0n) is 28.5. The summed E-state index contributed by atoms with van der Waals surface area (Å²) in [6.07, 6.45) is 0. The first-order valence-electron chi connectivity index (χ1n) is 16.8. The van der Waals surface area contributed by atoms with Crippen molar-refractivity contribution in [1.29, 1.82) is 0 Å². The Labute approximate surface area is 243 Å². The van der Waals surface area contributed by atoms with Gasteiger partial charge < -0.3 is 0 Å². The summed E-state index contributed by atoms with van der Waals surface area (Å²) in [6.45, 7) is 0. The van der Waals surface area contributed by atoms with E-state index >= 15 is 0 Å². The molecule has 0 N–H and O–H groups in total. The third-order valence-electron chi connectivity index (χ3n) is 7.75. The van der Waals surface area contributed by atoms with Crippen molar-refractivity contribution >= 4 is 43.1 Å². The van der Waals surface area contributed by atoms with Crippen LogP contribution in [0, 0.1) is 0 Å². The summed E-state index contributed by atoms with van der Waals surface area (Å²) >= 11 is 0. The van der Waals surface area contributed by atoms with Gasteiger partial charge in [0, 0.05) is 0 Å². The zero-order valence-corrected chi connectivity index (χ0v) is 21.5. The van der Waals surface area contributed by atoms with Gasteiger partial charge in [0.25, 0.3) is 0 Å². The van der Waals surface area contributed by atoms with Crippen LogP contribution in [0.3, 0.4) is 0 Å². The summed E-state index contributed by atoms with van der Waals surface area (Å²) in [6, 6.07) is 36.3. The predicted molar refractivity (Wildman–Crippen MR) is 173 cm³/mol. The van der Waals surface area contributed by atoms with Crippen molar-refractivity contribution in [3.8, 4) is 33.4 Å². The van der Waals surface area contributed by atoms with Crippen LogP contribution < -0.4 is 0 Å². The maximum atomic E-state index is 9.08. The largest absolute Gasteiger partial charge is 0.0629 e. The van der Waals surface area contributed by atoms with Crippen LogP contribution in [0.25, 0.3) is 76.5 Å². The molecule has 186 valence electrons. The van der Waals surface area contributed by atoms with Crippen molar-refractivity contribution in [3.63, 3.8) is 0 Å². The number of benzene rings is 8. The Morgan fingerprint density at radius 3 is 1.68 bits per heavy atom. The molecule has 0 bridgehead atoms. The van der Waals surface area contributed by atoms with Gasteiger partial charge in [0.15, 0.2) is 0 Å². The average Bonchev–Trinajstić information content (AvgIpc) is 3.11. The Bertz CT molecular complexity index is 2540. The lowest BCUT2D eigenvalue weighted by Gasteiger charge is -2.20. The maximum absolute atomic E-state index is 9.08. The first-order valence-corrected chi connectivity index (χ1v) is 13.3. The van der Waals surface area contributed by atoms with Gasteiger partial charge in [-0.3, -0.25) is 0 Å². The Morgan fingerprint density at radius 1 is 0.350 bits per heavy atom. The summed E-state index contributed by atoms with van der Waals surface area (Å²) in [5.41, 5.74) is 4.67. The van der Waals surface area contributed by atoms with Gasteiger partial charge in [-0.05, 0) is 82.5 Å². The van der Waals surface area contributed by atoms with Crippen molar-refractivity contribution in [3.05, 3.63) is 158 Å². The fraction of sp³-hybridized carbons (Fsp3) is 0. The number of hydrogen-bond donors (Lipinski definition) is 0. The van der Waals surface area contributed by atoms with E-state index in [0.717, 1.165) is 49.2 Å². The Morgan fingerprint density at radius 2 is 0.925 bits per heavy atom. The van der Waals surface area contributed by atoms with Gasteiger partial charge in [-0.15, -0.1) is 0 Å². The van der Waals surface area contributed by atoms with Crippen molar-refractivity contribution in [2.24, 2.45) is 0 Å². The highest BCUT2D eigenvalue weighted by Crippen LogP contribution is 2.46. The minimum atomic E-state index is -0.464. The molecule has 0 aromatic heterocycles. The topological polar surface area (TPSA) is 0 Å². The molecule has 0 saturated carbocycles. The molecule has 0 heterocycles. The van der Waals surface area contributed by atoms with Crippen molar-refractivity contribution < 1.29 is 9.60 Å². The van der Waals surface area contributed by atoms with E-state index in [1.807, 2.05) is 60.7 Å². The summed E-state index contributed by atoms with van der Waals surface area (Å²) in [5.74, 6) is 0. The van der Waals surface area contributed by atoms with Crippen LogP contribution in [0.2, 0.25) is 0 Å². The molecular weight excluding hydrogens is 480 g/mol. The molecule has 0 radical (unpaired) electrons. The summed E-state index contributed by atoms with van der Waals surface area (Å²) in [4.78, 5) is 0. The van der Waals surface area contributed by atoms with Gasteiger partial charge in [0.2, 0.25) is 0 Å². The Balaban J connectivity index is 1.52. The zero-order chi connectivity index (χ0) is 32.6. The molecule has 0 amide bonds. The van der Waals surface area contributed by atoms with Crippen LogP contribution in [-0.2, 0) is 0 Å². The van der Waals surface area contributed by atoms with E-state index < -0.39 is 12.1 Å². The molecule has 0 nitrogen and oxygen atoms in total. The number of rotatable bonds is 3. The van der Waals surface area contributed by atoms with E-state index in [4.69, 9.17) is 9.60 Å². The summed E-state index contributed by atoms with van der Waals surface area (Å²) < 4.78 is 60.6. The highest BCUT2D eigenvalue weighted by molar-refractivity contribution is 6.23. The molecule has 0 heteroatoms. The molecule has 0 saturated heterocycles. The van der Waals surface area contributed by atoms with E-state index in [1.54, 1.807) is 0 Å². The first-order chi connectivity index (χ1) is 22.8. The van der Waals surface area contributed by atoms with E-state index in [0.29, 0.717) is 5.56 Å². The van der Waals surface area contributed by atoms with Crippen molar-refractivity contribution in [1.82, 2.24) is 0 Å². The van der Waals surface area contributed by atoms with Crippen LogP contribution in [0.4, 0.5) is 0 Å². The molecule has 0 aliphatic rings. The smallest absolute Gasteiger partial charge is 0.0616 e. The van der Waals surface area contributed by atoms with Gasteiger partial charge in [0.05, 0.1) is 9.60 Å². The second kappa shape index (κ2) is 9.22. The molecule has 0 atom stereocenters. The molecule has 0 spiro atoms. The number of fused-ring (bicyclic) bond motifs is 4.